The molecule has 1 amide bonds. The van der Waals surface area contributed by atoms with Gasteiger partial charge < -0.3 is 15.3 Å². The number of aliphatic hydroxyl groups is 1. The summed E-state index contributed by atoms with van der Waals surface area (Å²) in [5.74, 6) is -0.451. The third kappa shape index (κ3) is 3.52. The van der Waals surface area contributed by atoms with E-state index in [-0.39, 0.29) is 17.8 Å². The van der Waals surface area contributed by atoms with Gasteiger partial charge in [0.05, 0.1) is 11.0 Å². The van der Waals surface area contributed by atoms with Crippen LogP contribution in [-0.2, 0) is 6.42 Å². The molecular formula is C19H21N3O4. The number of rotatable bonds is 5. The van der Waals surface area contributed by atoms with Gasteiger partial charge in [0.2, 0.25) is 0 Å². The molecule has 0 spiro atoms. The fourth-order valence-corrected chi connectivity index (χ4v) is 3.15. The Hall–Kier alpha value is -2.93. The molecule has 0 fully saturated rings. The van der Waals surface area contributed by atoms with Crippen LogP contribution in [0.5, 0.6) is 0 Å². The lowest BCUT2D eigenvalue weighted by Crippen LogP contribution is -2.28. The molecule has 1 heterocycles. The van der Waals surface area contributed by atoms with Gasteiger partial charge in [-0.05, 0) is 36.6 Å². The second-order valence-corrected chi connectivity index (χ2v) is 6.54. The number of aliphatic hydroxyl groups excluding tert-OH is 1. The molecule has 136 valence electrons. The molecule has 0 saturated carbocycles. The lowest BCUT2D eigenvalue weighted by atomic mass is 10.0. The van der Waals surface area contributed by atoms with Crippen molar-refractivity contribution in [2.45, 2.75) is 19.4 Å². The second kappa shape index (κ2) is 7.13. The summed E-state index contributed by atoms with van der Waals surface area (Å²) in [6, 6.07) is 10.1. The normalized spacial score (nSPS) is 14.0. The monoisotopic (exact) mass is 355 g/mol. The number of nitro groups is 1. The molecule has 0 aromatic heterocycles. The molecule has 26 heavy (non-hydrogen) atoms. The highest BCUT2D eigenvalue weighted by molar-refractivity contribution is 5.95. The number of hydrogen-bond acceptors (Lipinski definition) is 5. The molecule has 0 bridgehead atoms. The topological polar surface area (TPSA) is 95.7 Å². The van der Waals surface area contributed by atoms with Gasteiger partial charge in [0.25, 0.3) is 11.6 Å². The van der Waals surface area contributed by atoms with Crippen molar-refractivity contribution in [3.05, 3.63) is 68.8 Å². The van der Waals surface area contributed by atoms with Crippen LogP contribution in [0.1, 0.15) is 33.2 Å². The van der Waals surface area contributed by atoms with Gasteiger partial charge in [-0.3, -0.25) is 14.9 Å². The Kier molecular flexibility index (Phi) is 4.90. The molecule has 7 heteroatoms. The number of anilines is 1. The smallest absolute Gasteiger partial charge is 0.273 e. The van der Waals surface area contributed by atoms with Crippen molar-refractivity contribution >= 4 is 17.3 Å². The van der Waals surface area contributed by atoms with Crippen molar-refractivity contribution in [1.29, 1.82) is 0 Å². The largest absolute Gasteiger partial charge is 0.387 e. The van der Waals surface area contributed by atoms with Crippen molar-refractivity contribution in [2.24, 2.45) is 0 Å². The van der Waals surface area contributed by atoms with Gasteiger partial charge in [0, 0.05) is 43.0 Å². The maximum Gasteiger partial charge on any atom is 0.273 e. The maximum atomic E-state index is 12.2. The van der Waals surface area contributed by atoms with Crippen LogP contribution in [0.25, 0.3) is 0 Å². The van der Waals surface area contributed by atoms with Crippen molar-refractivity contribution in [3.8, 4) is 0 Å². The standard InChI is InChI=1S/C19H21N3O4/c1-12-3-4-15(10-17(12)22(25)26)19(24)20-11-18(23)14-5-6-16-13(9-14)7-8-21(16)2/h3-6,9-10,18,23H,7-8,11H2,1-2H3,(H,20,24). The lowest BCUT2D eigenvalue weighted by molar-refractivity contribution is -0.385. The van der Waals surface area contributed by atoms with Gasteiger partial charge in [-0.1, -0.05) is 18.2 Å². The third-order valence-corrected chi connectivity index (χ3v) is 4.74. The number of amides is 1. The third-order valence-electron chi connectivity index (χ3n) is 4.74. The van der Waals surface area contributed by atoms with E-state index in [2.05, 4.69) is 10.2 Å². The van der Waals surface area contributed by atoms with Gasteiger partial charge >= 0.3 is 0 Å². The van der Waals surface area contributed by atoms with Crippen molar-refractivity contribution < 1.29 is 14.8 Å². The zero-order chi connectivity index (χ0) is 18.8. The average Bonchev–Trinajstić information content (AvgIpc) is 3.00. The average molecular weight is 355 g/mol. The molecule has 0 radical (unpaired) electrons. The van der Waals surface area contributed by atoms with Crippen molar-refractivity contribution in [3.63, 3.8) is 0 Å². The first-order chi connectivity index (χ1) is 12.4. The number of nitrogens with one attached hydrogen (secondary N) is 1. The van der Waals surface area contributed by atoms with Crippen LogP contribution in [0.15, 0.2) is 36.4 Å². The molecule has 7 nitrogen and oxygen atoms in total. The van der Waals surface area contributed by atoms with Gasteiger partial charge in [-0.15, -0.1) is 0 Å². The van der Waals surface area contributed by atoms with Crippen LogP contribution in [0.4, 0.5) is 11.4 Å². The first-order valence-corrected chi connectivity index (χ1v) is 8.42. The predicted octanol–water partition coefficient (Wildman–Crippen LogP) is 2.36. The quantitative estimate of drug-likeness (QED) is 0.634. The molecule has 2 aromatic carbocycles. The number of fused-ring (bicyclic) bond motifs is 1. The van der Waals surface area contributed by atoms with Gasteiger partial charge in [0.15, 0.2) is 0 Å². The van der Waals surface area contributed by atoms with Crippen LogP contribution in [0.3, 0.4) is 0 Å². The zero-order valence-electron chi connectivity index (χ0n) is 14.7. The Morgan fingerprint density at radius 1 is 1.35 bits per heavy atom. The number of carbonyl (C=O) groups excluding carboxylic acids is 1. The van der Waals surface area contributed by atoms with Crippen LogP contribution < -0.4 is 10.2 Å². The van der Waals surface area contributed by atoms with Gasteiger partial charge in [-0.25, -0.2) is 0 Å². The summed E-state index contributed by atoms with van der Waals surface area (Å²) >= 11 is 0. The summed E-state index contributed by atoms with van der Waals surface area (Å²) in [6.07, 6.45) is 0.0989. The molecule has 1 aliphatic rings. The molecule has 2 aromatic rings. The first-order valence-electron chi connectivity index (χ1n) is 8.42. The fourth-order valence-electron chi connectivity index (χ4n) is 3.15. The number of benzene rings is 2. The van der Waals surface area contributed by atoms with E-state index in [0.717, 1.165) is 24.2 Å². The van der Waals surface area contributed by atoms with Crippen molar-refractivity contribution in [2.75, 3.05) is 25.0 Å². The minimum Gasteiger partial charge on any atom is -0.387 e. The van der Waals surface area contributed by atoms with Crippen LogP contribution in [0, 0.1) is 17.0 Å². The molecule has 0 aliphatic carbocycles. The number of nitrogens with zero attached hydrogens (tertiary/aromatic N) is 2. The number of carbonyl (C=O) groups is 1. The first kappa shape index (κ1) is 17.9. The molecule has 1 aliphatic heterocycles. The molecule has 1 unspecified atom stereocenters. The Bertz CT molecular complexity index is 866. The lowest BCUT2D eigenvalue weighted by Gasteiger charge is -2.15. The number of aryl methyl sites for hydroxylation is 1. The van der Waals surface area contributed by atoms with Crippen LogP contribution in [0.2, 0.25) is 0 Å². The Labute approximate surface area is 151 Å². The Morgan fingerprint density at radius 3 is 2.85 bits per heavy atom. The van der Waals surface area contributed by atoms with E-state index in [1.165, 1.54) is 17.7 Å². The number of nitro benzene ring substituents is 1. The number of hydrogen-bond donors (Lipinski definition) is 2. The van der Waals surface area contributed by atoms with E-state index >= 15 is 0 Å². The van der Waals surface area contributed by atoms with Crippen molar-refractivity contribution in [1.82, 2.24) is 5.32 Å². The highest BCUT2D eigenvalue weighted by Crippen LogP contribution is 2.29. The minimum absolute atomic E-state index is 0.0368. The zero-order valence-corrected chi connectivity index (χ0v) is 14.7. The fraction of sp³-hybridized carbons (Fsp3) is 0.316. The molecular weight excluding hydrogens is 334 g/mol. The Balaban J connectivity index is 1.66. The molecule has 1 atom stereocenters. The maximum absolute atomic E-state index is 12.2. The van der Waals surface area contributed by atoms with Gasteiger partial charge in [-0.2, -0.15) is 0 Å². The summed E-state index contributed by atoms with van der Waals surface area (Å²) in [6.45, 7) is 2.61. The van der Waals surface area contributed by atoms with Gasteiger partial charge in [0.1, 0.15) is 0 Å². The predicted molar refractivity (Wildman–Crippen MR) is 98.5 cm³/mol. The summed E-state index contributed by atoms with van der Waals surface area (Å²) in [7, 11) is 2.03. The summed E-state index contributed by atoms with van der Waals surface area (Å²) in [5.41, 5.74) is 3.69. The summed E-state index contributed by atoms with van der Waals surface area (Å²) < 4.78 is 0. The highest BCUT2D eigenvalue weighted by Gasteiger charge is 2.19. The van der Waals surface area contributed by atoms with E-state index in [9.17, 15) is 20.0 Å². The minimum atomic E-state index is -0.837. The summed E-state index contributed by atoms with van der Waals surface area (Å²) in [5, 5.41) is 24.0. The molecule has 2 N–H and O–H groups in total. The molecule has 0 saturated heterocycles. The van der Waals surface area contributed by atoms with Crippen LogP contribution >= 0.6 is 0 Å². The SMILES string of the molecule is Cc1ccc(C(=O)NCC(O)c2ccc3c(c2)CCN3C)cc1[N+](=O)[O-]. The number of likely N-dealkylation sites (N-methyl/N-ethyl adjacent to an activating group) is 1. The van der Waals surface area contributed by atoms with E-state index in [0.29, 0.717) is 5.56 Å². The molecule has 3 rings (SSSR count). The Morgan fingerprint density at radius 2 is 2.12 bits per heavy atom. The van der Waals surface area contributed by atoms with E-state index in [4.69, 9.17) is 0 Å². The summed E-state index contributed by atoms with van der Waals surface area (Å²) in [4.78, 5) is 24.9. The van der Waals surface area contributed by atoms with Crippen LogP contribution in [-0.4, -0.2) is 36.1 Å². The van der Waals surface area contributed by atoms with E-state index in [1.807, 2.05) is 25.2 Å². The highest BCUT2D eigenvalue weighted by atomic mass is 16.6. The van der Waals surface area contributed by atoms with E-state index in [1.54, 1.807) is 13.0 Å². The second-order valence-electron chi connectivity index (χ2n) is 6.54. The van der Waals surface area contributed by atoms with E-state index < -0.39 is 16.9 Å².